The highest BCUT2D eigenvalue weighted by atomic mass is 16.4. The van der Waals surface area contributed by atoms with Gasteiger partial charge in [-0.05, 0) is 26.8 Å². The molecule has 0 saturated carbocycles. The summed E-state index contributed by atoms with van der Waals surface area (Å²) in [6.45, 7) is 10.5. The summed E-state index contributed by atoms with van der Waals surface area (Å²) in [6, 6.07) is 3.54. The SMILES string of the molecule is CC[NH+](CC)CC.O=C(O)c1c([O-])cccc1O. The molecular formula is C13H21NO4. The predicted molar refractivity (Wildman–Crippen MR) is 67.1 cm³/mol. The minimum atomic E-state index is -1.41. The lowest BCUT2D eigenvalue weighted by Crippen LogP contribution is -3.11. The van der Waals surface area contributed by atoms with Crippen molar-refractivity contribution in [1.82, 2.24) is 0 Å². The molecule has 0 bridgehead atoms. The average Bonchev–Trinajstić information content (AvgIpc) is 2.31. The number of aromatic carboxylic acids is 1. The van der Waals surface area contributed by atoms with Crippen LogP contribution in [0, 0.1) is 0 Å². The second-order valence-electron chi connectivity index (χ2n) is 3.77. The largest absolute Gasteiger partial charge is 0.872 e. The van der Waals surface area contributed by atoms with Gasteiger partial charge in [-0.2, -0.15) is 0 Å². The van der Waals surface area contributed by atoms with Gasteiger partial charge in [-0.1, -0.05) is 17.9 Å². The molecule has 3 N–H and O–H groups in total. The maximum atomic E-state index is 10.7. The Morgan fingerprint density at radius 1 is 1.22 bits per heavy atom. The van der Waals surface area contributed by atoms with Gasteiger partial charge in [0.05, 0.1) is 25.2 Å². The van der Waals surface area contributed by atoms with E-state index in [1.165, 1.54) is 25.7 Å². The van der Waals surface area contributed by atoms with E-state index in [0.29, 0.717) is 0 Å². The smallest absolute Gasteiger partial charge is 0.338 e. The van der Waals surface area contributed by atoms with Crippen molar-refractivity contribution in [3.63, 3.8) is 0 Å². The van der Waals surface area contributed by atoms with Crippen LogP contribution in [0.4, 0.5) is 0 Å². The predicted octanol–water partition coefficient (Wildman–Crippen LogP) is 0.0950. The Bertz CT molecular complexity index is 349. The first kappa shape index (κ1) is 16.2. The fourth-order valence-corrected chi connectivity index (χ4v) is 1.48. The van der Waals surface area contributed by atoms with Gasteiger partial charge in [0.25, 0.3) is 0 Å². The second kappa shape index (κ2) is 8.36. The van der Waals surface area contributed by atoms with E-state index >= 15 is 0 Å². The normalized spacial score (nSPS) is 9.78. The standard InChI is InChI=1S/C7H6O4.C6H15N/c8-4-2-1-3-5(9)6(4)7(10)11;1-4-7(5-2)6-3/h1-3,8-9H,(H,10,11);4-6H2,1-3H3. The van der Waals surface area contributed by atoms with Gasteiger partial charge in [0.15, 0.2) is 0 Å². The third-order valence-corrected chi connectivity index (χ3v) is 2.72. The number of carboxylic acid groups (broad SMARTS) is 1. The van der Waals surface area contributed by atoms with Gasteiger partial charge < -0.3 is 20.2 Å². The van der Waals surface area contributed by atoms with Crippen molar-refractivity contribution in [3.8, 4) is 11.5 Å². The summed E-state index contributed by atoms with van der Waals surface area (Å²) in [5.41, 5.74) is -0.576. The number of aromatic hydroxyl groups is 1. The molecular weight excluding hydrogens is 234 g/mol. The molecule has 1 aromatic rings. The maximum Gasteiger partial charge on any atom is 0.338 e. The van der Waals surface area contributed by atoms with Crippen molar-refractivity contribution in [2.24, 2.45) is 0 Å². The fourth-order valence-electron chi connectivity index (χ4n) is 1.48. The van der Waals surface area contributed by atoms with Crippen LogP contribution in [0.5, 0.6) is 11.5 Å². The lowest BCUT2D eigenvalue weighted by atomic mass is 10.2. The minimum Gasteiger partial charge on any atom is -0.872 e. The maximum absolute atomic E-state index is 10.7. The highest BCUT2D eigenvalue weighted by Crippen LogP contribution is 2.23. The number of carboxylic acids is 1. The highest BCUT2D eigenvalue weighted by molar-refractivity contribution is 5.93. The van der Waals surface area contributed by atoms with Crippen molar-refractivity contribution >= 4 is 5.97 Å². The highest BCUT2D eigenvalue weighted by Gasteiger charge is 2.08. The Kier molecular flexibility index (Phi) is 7.54. The lowest BCUT2D eigenvalue weighted by Gasteiger charge is -2.10. The number of rotatable bonds is 4. The summed E-state index contributed by atoms with van der Waals surface area (Å²) in [5.74, 6) is -2.59. The molecule has 1 aromatic carbocycles. The van der Waals surface area contributed by atoms with Crippen LogP contribution < -0.4 is 10.0 Å². The summed E-state index contributed by atoms with van der Waals surface area (Å²) in [6.07, 6.45) is 0. The molecule has 0 aliphatic carbocycles. The second-order valence-corrected chi connectivity index (χ2v) is 3.77. The van der Waals surface area contributed by atoms with E-state index in [1.54, 1.807) is 4.90 Å². The van der Waals surface area contributed by atoms with E-state index in [-0.39, 0.29) is 0 Å². The van der Waals surface area contributed by atoms with Gasteiger partial charge >= 0.3 is 5.97 Å². The molecule has 0 radical (unpaired) electrons. The van der Waals surface area contributed by atoms with Gasteiger partial charge in [0.2, 0.25) is 0 Å². The Hall–Kier alpha value is -1.75. The fraction of sp³-hybridized carbons (Fsp3) is 0.462. The van der Waals surface area contributed by atoms with Crippen LogP contribution in [0.2, 0.25) is 0 Å². The molecule has 0 aliphatic rings. The zero-order valence-electron chi connectivity index (χ0n) is 11.1. The Balaban J connectivity index is 0.000000360. The van der Waals surface area contributed by atoms with Crippen molar-refractivity contribution < 1.29 is 25.0 Å². The van der Waals surface area contributed by atoms with Crippen molar-refractivity contribution in [2.45, 2.75) is 20.8 Å². The molecule has 0 aliphatic heterocycles. The quantitative estimate of drug-likeness (QED) is 0.712. The van der Waals surface area contributed by atoms with Crippen LogP contribution >= 0.6 is 0 Å². The summed E-state index contributed by atoms with van der Waals surface area (Å²) in [7, 11) is 0. The Labute approximate surface area is 107 Å². The van der Waals surface area contributed by atoms with E-state index in [0.717, 1.165) is 12.1 Å². The van der Waals surface area contributed by atoms with E-state index in [4.69, 9.17) is 10.2 Å². The number of quaternary nitrogens is 1. The van der Waals surface area contributed by atoms with Crippen LogP contribution in [0.25, 0.3) is 0 Å². The van der Waals surface area contributed by atoms with Crippen LogP contribution in [0.15, 0.2) is 18.2 Å². The summed E-state index contributed by atoms with van der Waals surface area (Å²) < 4.78 is 0. The van der Waals surface area contributed by atoms with E-state index in [9.17, 15) is 9.90 Å². The molecule has 0 saturated heterocycles. The molecule has 5 heteroatoms. The van der Waals surface area contributed by atoms with Crippen LogP contribution in [-0.2, 0) is 0 Å². The molecule has 5 nitrogen and oxygen atoms in total. The van der Waals surface area contributed by atoms with Gasteiger partial charge in [0, 0.05) is 0 Å². The first-order chi connectivity index (χ1) is 8.47. The Morgan fingerprint density at radius 2 is 1.72 bits per heavy atom. The first-order valence-corrected chi connectivity index (χ1v) is 6.03. The topological polar surface area (TPSA) is 85.0 Å². The summed E-state index contributed by atoms with van der Waals surface area (Å²) in [4.78, 5) is 12.0. The zero-order chi connectivity index (χ0) is 14.1. The van der Waals surface area contributed by atoms with Crippen molar-refractivity contribution in [3.05, 3.63) is 23.8 Å². The number of hydrogen-bond acceptors (Lipinski definition) is 3. The van der Waals surface area contributed by atoms with Crippen molar-refractivity contribution in [1.29, 1.82) is 0 Å². The Morgan fingerprint density at radius 3 is 1.94 bits per heavy atom. The summed E-state index contributed by atoms with van der Waals surface area (Å²) in [5, 5.41) is 28.0. The number of nitrogens with one attached hydrogen (secondary N) is 1. The van der Waals surface area contributed by atoms with Gasteiger partial charge in [0.1, 0.15) is 5.75 Å². The summed E-state index contributed by atoms with van der Waals surface area (Å²) >= 11 is 0. The van der Waals surface area contributed by atoms with E-state index < -0.39 is 23.0 Å². The molecule has 0 spiro atoms. The third-order valence-electron chi connectivity index (χ3n) is 2.72. The first-order valence-electron chi connectivity index (χ1n) is 6.03. The molecule has 0 fully saturated rings. The zero-order valence-corrected chi connectivity index (χ0v) is 11.1. The number of carbonyl (C=O) groups is 1. The average molecular weight is 255 g/mol. The molecule has 0 atom stereocenters. The molecule has 102 valence electrons. The number of phenols is 1. The molecule has 0 heterocycles. The van der Waals surface area contributed by atoms with E-state index in [2.05, 4.69) is 20.8 Å². The molecule has 0 amide bonds. The van der Waals surface area contributed by atoms with Crippen LogP contribution in [0.3, 0.4) is 0 Å². The minimum absolute atomic E-state index is 0.495. The van der Waals surface area contributed by atoms with Crippen LogP contribution in [-0.4, -0.2) is 35.8 Å². The third kappa shape index (κ3) is 5.05. The number of hydrogen-bond donors (Lipinski definition) is 3. The molecule has 18 heavy (non-hydrogen) atoms. The van der Waals surface area contributed by atoms with Crippen LogP contribution in [0.1, 0.15) is 31.1 Å². The lowest BCUT2D eigenvalue weighted by molar-refractivity contribution is -0.894. The van der Waals surface area contributed by atoms with Gasteiger partial charge in [-0.25, -0.2) is 4.79 Å². The molecule has 0 aromatic heterocycles. The van der Waals surface area contributed by atoms with E-state index in [1.807, 2.05) is 0 Å². The van der Waals surface area contributed by atoms with Gasteiger partial charge in [-0.15, -0.1) is 0 Å². The molecule has 1 rings (SSSR count). The van der Waals surface area contributed by atoms with Crippen molar-refractivity contribution in [2.75, 3.05) is 19.6 Å². The molecule has 0 unspecified atom stereocenters. The van der Waals surface area contributed by atoms with Gasteiger partial charge in [-0.3, -0.25) is 0 Å². The monoisotopic (exact) mass is 255 g/mol. The number of benzene rings is 1.